The van der Waals surface area contributed by atoms with Crippen molar-refractivity contribution in [1.82, 2.24) is 0 Å². The molecule has 2 aromatic rings. The highest BCUT2D eigenvalue weighted by atomic mass is 16.5. The zero-order chi connectivity index (χ0) is 10.7. The molecule has 0 aromatic heterocycles. The van der Waals surface area contributed by atoms with Crippen LogP contribution in [0.25, 0.3) is 0 Å². The standard InChI is InChI=1S/C13H11BO/c1-10-9-12(7-8-13(10)14)15-11-5-3-2-4-6-11/h2-9H,1H3. The van der Waals surface area contributed by atoms with E-state index in [4.69, 9.17) is 12.6 Å². The summed E-state index contributed by atoms with van der Waals surface area (Å²) in [4.78, 5) is 0. The lowest BCUT2D eigenvalue weighted by atomic mass is 9.91. The molecule has 2 radical (unpaired) electrons. The summed E-state index contributed by atoms with van der Waals surface area (Å²) < 4.78 is 5.66. The summed E-state index contributed by atoms with van der Waals surface area (Å²) in [5.41, 5.74) is 1.82. The van der Waals surface area contributed by atoms with Gasteiger partial charge in [-0.05, 0) is 31.2 Å². The van der Waals surface area contributed by atoms with Crippen molar-refractivity contribution in [3.8, 4) is 11.5 Å². The molecule has 1 nitrogen and oxygen atoms in total. The lowest BCUT2D eigenvalue weighted by Crippen LogP contribution is -2.05. The van der Waals surface area contributed by atoms with Crippen LogP contribution < -0.4 is 10.2 Å². The summed E-state index contributed by atoms with van der Waals surface area (Å²) in [5, 5.41) is 0. The molecule has 2 rings (SSSR count). The van der Waals surface area contributed by atoms with Crippen LogP contribution in [0.5, 0.6) is 11.5 Å². The Balaban J connectivity index is 2.22. The van der Waals surface area contributed by atoms with Crippen LogP contribution in [0.1, 0.15) is 5.56 Å². The molecule has 2 heteroatoms. The van der Waals surface area contributed by atoms with Gasteiger partial charge in [-0.15, -0.1) is 0 Å². The quantitative estimate of drug-likeness (QED) is 0.667. The minimum atomic E-state index is 0.787. The fraction of sp³-hybridized carbons (Fsp3) is 0.0769. The van der Waals surface area contributed by atoms with E-state index < -0.39 is 0 Å². The normalized spacial score (nSPS) is 9.93. The van der Waals surface area contributed by atoms with Gasteiger partial charge in [0.1, 0.15) is 19.3 Å². The molecule has 0 aliphatic carbocycles. The van der Waals surface area contributed by atoms with E-state index in [1.165, 1.54) is 0 Å². The van der Waals surface area contributed by atoms with E-state index in [2.05, 4.69) is 0 Å². The summed E-state index contributed by atoms with van der Waals surface area (Å²) in [6.07, 6.45) is 0. The predicted molar refractivity (Wildman–Crippen MR) is 63.1 cm³/mol. The van der Waals surface area contributed by atoms with Crippen LogP contribution in [-0.2, 0) is 0 Å². The van der Waals surface area contributed by atoms with Crippen LogP contribution >= 0.6 is 0 Å². The minimum absolute atomic E-state index is 0.787. The maximum atomic E-state index is 5.73. The van der Waals surface area contributed by atoms with Crippen LogP contribution in [0.4, 0.5) is 0 Å². The molecule has 0 spiro atoms. The van der Waals surface area contributed by atoms with Crippen molar-refractivity contribution in [3.05, 3.63) is 54.1 Å². The first-order chi connectivity index (χ1) is 7.25. The Labute approximate surface area is 91.1 Å². The van der Waals surface area contributed by atoms with Gasteiger partial charge in [-0.25, -0.2) is 0 Å². The highest BCUT2D eigenvalue weighted by molar-refractivity contribution is 6.33. The fourth-order valence-corrected chi connectivity index (χ4v) is 1.34. The third-order valence-electron chi connectivity index (χ3n) is 2.22. The van der Waals surface area contributed by atoms with E-state index >= 15 is 0 Å². The smallest absolute Gasteiger partial charge is 0.127 e. The molecule has 0 saturated heterocycles. The van der Waals surface area contributed by atoms with Crippen LogP contribution in [0.15, 0.2) is 48.5 Å². The van der Waals surface area contributed by atoms with E-state index in [1.54, 1.807) is 0 Å². The largest absolute Gasteiger partial charge is 0.457 e. The van der Waals surface area contributed by atoms with E-state index in [0.717, 1.165) is 22.5 Å². The Kier molecular flexibility index (Phi) is 2.77. The first-order valence-corrected chi connectivity index (χ1v) is 4.85. The molecule has 2 aromatic carbocycles. The average Bonchev–Trinajstić information content (AvgIpc) is 2.25. The fourth-order valence-electron chi connectivity index (χ4n) is 1.34. The molecule has 0 atom stereocenters. The van der Waals surface area contributed by atoms with Crippen LogP contribution in [0, 0.1) is 6.92 Å². The highest BCUT2D eigenvalue weighted by Gasteiger charge is 1.98. The molecule has 0 N–H and O–H groups in total. The Morgan fingerprint density at radius 2 is 1.67 bits per heavy atom. The van der Waals surface area contributed by atoms with Gasteiger partial charge in [-0.1, -0.05) is 35.3 Å². The van der Waals surface area contributed by atoms with Gasteiger partial charge >= 0.3 is 0 Å². The molecule has 72 valence electrons. The van der Waals surface area contributed by atoms with Gasteiger partial charge in [-0.3, -0.25) is 0 Å². The predicted octanol–water partition coefficient (Wildman–Crippen LogP) is 2.58. The molecule has 0 unspecified atom stereocenters. The molecular formula is C13H11BO. The Morgan fingerprint density at radius 3 is 2.33 bits per heavy atom. The van der Waals surface area contributed by atoms with E-state index in [1.807, 2.05) is 55.5 Å². The Morgan fingerprint density at radius 1 is 0.933 bits per heavy atom. The second-order valence-electron chi connectivity index (χ2n) is 3.43. The molecule has 0 heterocycles. The van der Waals surface area contributed by atoms with Gasteiger partial charge in [0.25, 0.3) is 0 Å². The number of hydrogen-bond acceptors (Lipinski definition) is 1. The average molecular weight is 194 g/mol. The van der Waals surface area contributed by atoms with Gasteiger partial charge < -0.3 is 4.74 Å². The number of para-hydroxylation sites is 1. The molecule has 0 amide bonds. The van der Waals surface area contributed by atoms with Gasteiger partial charge in [0.05, 0.1) is 0 Å². The number of hydrogen-bond donors (Lipinski definition) is 0. The van der Waals surface area contributed by atoms with Gasteiger partial charge in [0.15, 0.2) is 0 Å². The molecule has 0 fully saturated rings. The number of rotatable bonds is 2. The van der Waals surface area contributed by atoms with Crippen molar-refractivity contribution < 1.29 is 4.74 Å². The van der Waals surface area contributed by atoms with Crippen molar-refractivity contribution in [2.24, 2.45) is 0 Å². The number of aryl methyl sites for hydroxylation is 1. The van der Waals surface area contributed by atoms with Crippen molar-refractivity contribution in [2.45, 2.75) is 6.92 Å². The second-order valence-corrected chi connectivity index (χ2v) is 3.43. The van der Waals surface area contributed by atoms with Crippen molar-refractivity contribution >= 4 is 13.3 Å². The summed E-state index contributed by atoms with van der Waals surface area (Å²) >= 11 is 0. The highest BCUT2D eigenvalue weighted by Crippen LogP contribution is 2.20. The van der Waals surface area contributed by atoms with Gasteiger partial charge in [-0.2, -0.15) is 0 Å². The lowest BCUT2D eigenvalue weighted by Gasteiger charge is -2.07. The third-order valence-corrected chi connectivity index (χ3v) is 2.22. The van der Waals surface area contributed by atoms with Crippen molar-refractivity contribution in [2.75, 3.05) is 0 Å². The summed E-state index contributed by atoms with van der Waals surface area (Å²) in [5.74, 6) is 1.65. The number of benzene rings is 2. The Bertz CT molecular complexity index is 451. The molecule has 0 saturated carbocycles. The zero-order valence-corrected chi connectivity index (χ0v) is 8.60. The van der Waals surface area contributed by atoms with Crippen molar-refractivity contribution in [1.29, 1.82) is 0 Å². The van der Waals surface area contributed by atoms with Gasteiger partial charge in [0.2, 0.25) is 0 Å². The topological polar surface area (TPSA) is 9.23 Å². The van der Waals surface area contributed by atoms with Crippen LogP contribution in [-0.4, -0.2) is 7.85 Å². The molecule has 15 heavy (non-hydrogen) atoms. The minimum Gasteiger partial charge on any atom is -0.457 e. The van der Waals surface area contributed by atoms with E-state index in [-0.39, 0.29) is 0 Å². The third kappa shape index (κ3) is 2.41. The van der Waals surface area contributed by atoms with Gasteiger partial charge in [0, 0.05) is 0 Å². The zero-order valence-electron chi connectivity index (χ0n) is 8.60. The summed E-state index contributed by atoms with van der Waals surface area (Å²) in [6.45, 7) is 1.97. The molecule has 0 aliphatic heterocycles. The lowest BCUT2D eigenvalue weighted by molar-refractivity contribution is 0.482. The van der Waals surface area contributed by atoms with E-state index in [9.17, 15) is 0 Å². The van der Waals surface area contributed by atoms with Crippen molar-refractivity contribution in [3.63, 3.8) is 0 Å². The van der Waals surface area contributed by atoms with Crippen LogP contribution in [0.3, 0.4) is 0 Å². The first kappa shape index (κ1) is 9.84. The summed E-state index contributed by atoms with van der Waals surface area (Å²) in [7, 11) is 5.73. The maximum Gasteiger partial charge on any atom is 0.127 e. The summed E-state index contributed by atoms with van der Waals surface area (Å²) in [6, 6.07) is 15.3. The Hall–Kier alpha value is -1.70. The second kappa shape index (κ2) is 4.22. The van der Waals surface area contributed by atoms with Crippen LogP contribution in [0.2, 0.25) is 0 Å². The van der Waals surface area contributed by atoms with E-state index in [0.29, 0.717) is 0 Å². The molecule has 0 bridgehead atoms. The first-order valence-electron chi connectivity index (χ1n) is 4.85. The molecule has 0 aliphatic rings. The molecular weight excluding hydrogens is 183 g/mol. The SMILES string of the molecule is [B]c1ccc(Oc2ccccc2)cc1C. The maximum absolute atomic E-state index is 5.73. The monoisotopic (exact) mass is 194 g/mol. The number of ether oxygens (including phenoxy) is 1.